The Bertz CT molecular complexity index is 1410. The Balaban J connectivity index is 1.32. The van der Waals surface area contributed by atoms with Crippen molar-refractivity contribution in [1.82, 2.24) is 15.5 Å². The van der Waals surface area contributed by atoms with Crippen LogP contribution in [-0.4, -0.2) is 75.5 Å². The summed E-state index contributed by atoms with van der Waals surface area (Å²) in [6.07, 6.45) is 4.28. The Kier molecular flexibility index (Phi) is 11.7. The zero-order valence-corrected chi connectivity index (χ0v) is 26.7. The first kappa shape index (κ1) is 32.8. The fourth-order valence-corrected chi connectivity index (χ4v) is 8.05. The number of fused-ring (bicyclic) bond motifs is 1. The van der Waals surface area contributed by atoms with Crippen molar-refractivity contribution in [3.05, 3.63) is 63.0 Å². The summed E-state index contributed by atoms with van der Waals surface area (Å²) in [6.45, 7) is 1.22. The maximum absolute atomic E-state index is 13.0. The van der Waals surface area contributed by atoms with Gasteiger partial charge in [-0.25, -0.2) is 4.79 Å². The Morgan fingerprint density at radius 2 is 1.81 bits per heavy atom. The number of carbonyl (C=O) groups is 4. The number of aliphatic carboxylic acids is 1. The van der Waals surface area contributed by atoms with Crippen LogP contribution in [0.15, 0.2) is 57.7 Å². The number of amides is 3. The molecule has 2 aliphatic rings. The minimum absolute atomic E-state index is 0.0155. The third kappa shape index (κ3) is 8.07. The van der Waals surface area contributed by atoms with E-state index >= 15 is 0 Å². The lowest BCUT2D eigenvalue weighted by Gasteiger charge is -2.49. The summed E-state index contributed by atoms with van der Waals surface area (Å²) in [4.78, 5) is 52.5. The van der Waals surface area contributed by atoms with Gasteiger partial charge in [0.1, 0.15) is 17.1 Å². The number of β-lactam (4-membered cyclic amide) rings is 1. The summed E-state index contributed by atoms with van der Waals surface area (Å²) in [5.41, 5.74) is 6.01. The summed E-state index contributed by atoms with van der Waals surface area (Å²) in [7, 11) is 0. The van der Waals surface area contributed by atoms with Gasteiger partial charge in [-0.2, -0.15) is 4.57 Å². The molecular weight excluding hydrogens is 665 g/mol. The molecule has 1 aromatic heterocycles. The fraction of sp³-hybridized carbons (Fsp3) is 0.346. The highest BCUT2D eigenvalue weighted by atomic mass is 35.5. The van der Waals surface area contributed by atoms with Crippen molar-refractivity contribution in [3.8, 4) is 0 Å². The molecule has 4 rings (SSSR count). The van der Waals surface area contributed by atoms with Crippen molar-refractivity contribution in [3.63, 3.8) is 0 Å². The maximum Gasteiger partial charge on any atom is 0.352 e. The topological polar surface area (TPSA) is 146 Å². The molecule has 2 aliphatic heterocycles. The van der Waals surface area contributed by atoms with Gasteiger partial charge in [-0.1, -0.05) is 34.8 Å². The van der Waals surface area contributed by atoms with Crippen molar-refractivity contribution in [1.29, 1.82) is 0 Å². The summed E-state index contributed by atoms with van der Waals surface area (Å²) in [6, 6.07) is 5.93. The van der Waals surface area contributed by atoms with E-state index in [-0.39, 0.29) is 23.9 Å². The van der Waals surface area contributed by atoms with Crippen LogP contribution in [0.1, 0.15) is 6.42 Å². The third-order valence-corrected chi connectivity index (χ3v) is 10.8. The monoisotopic (exact) mass is 690 g/mol. The molecule has 0 saturated carbocycles. The molecule has 0 spiro atoms. The van der Waals surface area contributed by atoms with Crippen molar-refractivity contribution in [2.24, 2.45) is 5.73 Å². The molecule has 2 atom stereocenters. The molecular formula is C26H27Cl3N5O5S3+. The number of halogens is 3. The van der Waals surface area contributed by atoms with Crippen molar-refractivity contribution in [2.75, 3.05) is 30.3 Å². The first-order valence-corrected chi connectivity index (χ1v) is 16.8. The van der Waals surface area contributed by atoms with Gasteiger partial charge in [0.15, 0.2) is 12.4 Å². The number of aromatic nitrogens is 1. The van der Waals surface area contributed by atoms with E-state index in [1.165, 1.54) is 34.5 Å². The normalized spacial score (nSPS) is 17.9. The molecule has 1 saturated heterocycles. The zero-order chi connectivity index (χ0) is 30.4. The van der Waals surface area contributed by atoms with E-state index in [1.807, 2.05) is 12.1 Å². The second-order valence-electron chi connectivity index (χ2n) is 9.18. The molecule has 3 amide bonds. The lowest BCUT2D eigenvalue weighted by molar-refractivity contribution is -0.684. The molecule has 0 aliphatic carbocycles. The number of rotatable bonds is 13. The highest BCUT2D eigenvalue weighted by molar-refractivity contribution is 8.01. The predicted molar refractivity (Wildman–Crippen MR) is 166 cm³/mol. The van der Waals surface area contributed by atoms with E-state index in [9.17, 15) is 24.3 Å². The van der Waals surface area contributed by atoms with Gasteiger partial charge in [-0.05, 0) is 30.7 Å². The number of hydrogen-bond donors (Lipinski definition) is 4. The number of hydrogen-bond acceptors (Lipinski definition) is 8. The van der Waals surface area contributed by atoms with Crippen molar-refractivity contribution in [2.45, 2.75) is 34.2 Å². The van der Waals surface area contributed by atoms with E-state index in [0.29, 0.717) is 56.6 Å². The van der Waals surface area contributed by atoms with Gasteiger partial charge in [-0.3, -0.25) is 19.3 Å². The predicted octanol–water partition coefficient (Wildman–Crippen LogP) is 3.02. The quantitative estimate of drug-likeness (QED) is 0.0819. The molecule has 3 heterocycles. The summed E-state index contributed by atoms with van der Waals surface area (Å²) < 4.78 is 1.75. The largest absolute Gasteiger partial charge is 0.477 e. The Morgan fingerprint density at radius 3 is 2.50 bits per heavy atom. The first-order valence-electron chi connectivity index (χ1n) is 12.6. The number of carboxylic acid groups (broad SMARTS) is 1. The first-order chi connectivity index (χ1) is 20.1. The number of pyridine rings is 1. The highest BCUT2D eigenvalue weighted by Gasteiger charge is 2.54. The van der Waals surface area contributed by atoms with Crippen LogP contribution in [0, 0.1) is 0 Å². The van der Waals surface area contributed by atoms with E-state index in [2.05, 4.69) is 10.6 Å². The van der Waals surface area contributed by atoms with Crippen LogP contribution in [0.3, 0.4) is 0 Å². The third-order valence-electron chi connectivity index (χ3n) is 6.20. The van der Waals surface area contributed by atoms with Gasteiger partial charge in [0.05, 0.1) is 20.8 Å². The molecule has 1 aromatic carbocycles. The fourth-order valence-electron chi connectivity index (χ4n) is 4.14. The molecule has 2 aromatic rings. The van der Waals surface area contributed by atoms with E-state index in [0.717, 1.165) is 16.7 Å². The molecule has 0 bridgehead atoms. The maximum atomic E-state index is 13.0. The van der Waals surface area contributed by atoms with Crippen LogP contribution >= 0.6 is 70.1 Å². The number of nitrogens with one attached hydrogen (secondary N) is 2. The molecule has 16 heteroatoms. The number of carbonyl (C=O) groups excluding carboxylic acids is 3. The molecule has 1 fully saturated rings. The second kappa shape index (κ2) is 15.0. The summed E-state index contributed by atoms with van der Waals surface area (Å²) >= 11 is 22.1. The SMILES string of the molecule is NCCCNC(=O)C[n+]1ccc(SCC2=C(C(=O)O)N3C(=O)[C@H](NC(=O)CSc4cc(Cl)c(Cl)cc4Cl)[C@H]3SC2)cc1. The lowest BCUT2D eigenvalue weighted by Crippen LogP contribution is -2.70. The van der Waals surface area contributed by atoms with Crippen molar-refractivity contribution >= 4 is 93.8 Å². The van der Waals surface area contributed by atoms with Crippen LogP contribution < -0.4 is 20.9 Å². The number of thioether (sulfide) groups is 3. The minimum atomic E-state index is -1.19. The molecule has 10 nitrogen and oxygen atoms in total. The van der Waals surface area contributed by atoms with Crippen LogP contribution in [0.2, 0.25) is 15.1 Å². The average Bonchev–Trinajstić information content (AvgIpc) is 2.96. The van der Waals surface area contributed by atoms with Gasteiger partial charge in [0.2, 0.25) is 12.5 Å². The van der Waals surface area contributed by atoms with Gasteiger partial charge in [0.25, 0.3) is 11.8 Å². The number of carboxylic acids is 1. The minimum Gasteiger partial charge on any atom is -0.477 e. The Morgan fingerprint density at radius 1 is 1.10 bits per heavy atom. The highest BCUT2D eigenvalue weighted by Crippen LogP contribution is 2.42. The molecule has 0 unspecified atom stereocenters. The van der Waals surface area contributed by atoms with Crippen molar-refractivity contribution < 1.29 is 28.9 Å². The molecule has 224 valence electrons. The Labute approximate surface area is 270 Å². The second-order valence-corrected chi connectivity index (χ2v) is 13.6. The molecule has 5 N–H and O–H groups in total. The number of nitrogens with two attached hydrogens (primary N) is 1. The smallest absolute Gasteiger partial charge is 0.352 e. The van der Waals surface area contributed by atoms with Crippen LogP contribution in [0.4, 0.5) is 0 Å². The van der Waals surface area contributed by atoms with E-state index in [1.54, 1.807) is 23.0 Å². The molecule has 42 heavy (non-hydrogen) atoms. The standard InChI is InChI=1S/C26H26Cl3N5O5S3/c27-16-8-18(29)19(9-17(16)28)41-13-21(36)32-22-24(37)34-23(26(38)39)14(12-42-25(22)34)11-40-15-2-6-33(7-3-15)10-20(35)31-5-1-4-30/h2-3,6-9,22,25H,1,4-5,10-13,30H2,(H2-,31,32,35,36,38,39)/p+1/t22-,25+/m0/s1. The average molecular weight is 692 g/mol. The van der Waals surface area contributed by atoms with E-state index < -0.39 is 29.2 Å². The van der Waals surface area contributed by atoms with E-state index in [4.69, 9.17) is 40.5 Å². The lowest BCUT2D eigenvalue weighted by atomic mass is 10.0. The van der Waals surface area contributed by atoms with Gasteiger partial charge >= 0.3 is 5.97 Å². The van der Waals surface area contributed by atoms with Crippen LogP contribution in [0.25, 0.3) is 0 Å². The van der Waals surface area contributed by atoms with Gasteiger partial charge in [-0.15, -0.1) is 35.3 Å². The number of nitrogens with zero attached hydrogens (tertiary/aromatic N) is 2. The number of benzene rings is 1. The van der Waals surface area contributed by atoms with Crippen LogP contribution in [-0.2, 0) is 25.7 Å². The molecule has 0 radical (unpaired) electrons. The summed E-state index contributed by atoms with van der Waals surface area (Å²) in [5, 5.41) is 15.9. The Hall–Kier alpha value is -2.13. The van der Waals surface area contributed by atoms with Gasteiger partial charge < -0.3 is 21.5 Å². The zero-order valence-electron chi connectivity index (χ0n) is 22.0. The summed E-state index contributed by atoms with van der Waals surface area (Å²) in [5.74, 6) is -1.40. The van der Waals surface area contributed by atoms with Gasteiger partial charge in [0, 0.05) is 40.0 Å². The van der Waals surface area contributed by atoms with Crippen LogP contribution in [0.5, 0.6) is 0 Å².